The number of rotatable bonds is 10. The molecule has 0 aliphatic heterocycles. The number of methoxy groups -OCH3 is 1. The van der Waals surface area contributed by atoms with E-state index in [1.54, 1.807) is 25.3 Å². The van der Waals surface area contributed by atoms with Gasteiger partial charge in [-0.3, -0.25) is 14.9 Å². The van der Waals surface area contributed by atoms with E-state index in [0.29, 0.717) is 18.1 Å². The van der Waals surface area contributed by atoms with Crippen LogP contribution in [-0.4, -0.2) is 24.5 Å². The Morgan fingerprint density at radius 3 is 2.39 bits per heavy atom. The van der Waals surface area contributed by atoms with Crippen molar-refractivity contribution in [2.24, 2.45) is 0 Å². The lowest BCUT2D eigenvalue weighted by atomic mass is 10.2. The SMILES string of the molecule is COc1cc(CNC(=O)COc2ccccc2[N+](=O)[O-])ccc1OCc1ccccc1. The molecule has 0 aliphatic carbocycles. The van der Waals surface area contributed by atoms with Crippen molar-refractivity contribution < 1.29 is 23.9 Å². The number of nitro groups is 1. The topological polar surface area (TPSA) is 99.9 Å². The molecular formula is C23H22N2O6. The molecule has 1 N–H and O–H groups in total. The van der Waals surface area contributed by atoms with Crippen LogP contribution < -0.4 is 19.5 Å². The molecule has 0 atom stereocenters. The van der Waals surface area contributed by atoms with E-state index < -0.39 is 10.8 Å². The quantitative estimate of drug-likeness (QED) is 0.393. The number of hydrogen-bond acceptors (Lipinski definition) is 6. The number of carbonyl (C=O) groups is 1. The first-order chi connectivity index (χ1) is 15.1. The van der Waals surface area contributed by atoms with E-state index >= 15 is 0 Å². The molecule has 0 spiro atoms. The number of para-hydroxylation sites is 2. The zero-order valence-corrected chi connectivity index (χ0v) is 16.9. The average Bonchev–Trinajstić information content (AvgIpc) is 2.81. The summed E-state index contributed by atoms with van der Waals surface area (Å²) >= 11 is 0. The van der Waals surface area contributed by atoms with Gasteiger partial charge in [0.05, 0.1) is 12.0 Å². The molecular weight excluding hydrogens is 400 g/mol. The zero-order valence-electron chi connectivity index (χ0n) is 16.9. The first-order valence-electron chi connectivity index (χ1n) is 9.53. The van der Waals surface area contributed by atoms with Gasteiger partial charge in [0, 0.05) is 12.6 Å². The summed E-state index contributed by atoms with van der Waals surface area (Å²) in [5, 5.41) is 13.7. The minimum Gasteiger partial charge on any atom is -0.493 e. The van der Waals surface area contributed by atoms with Crippen LogP contribution in [0.3, 0.4) is 0 Å². The number of nitrogens with zero attached hydrogens (tertiary/aromatic N) is 1. The molecule has 0 heterocycles. The molecule has 160 valence electrons. The Labute approximate surface area is 179 Å². The molecule has 3 aromatic rings. The predicted molar refractivity (Wildman–Crippen MR) is 114 cm³/mol. The summed E-state index contributed by atoms with van der Waals surface area (Å²) in [5.74, 6) is 0.797. The van der Waals surface area contributed by atoms with Gasteiger partial charge >= 0.3 is 5.69 Å². The van der Waals surface area contributed by atoms with Crippen molar-refractivity contribution in [3.05, 3.63) is 94.0 Å². The fourth-order valence-electron chi connectivity index (χ4n) is 2.80. The van der Waals surface area contributed by atoms with E-state index in [9.17, 15) is 14.9 Å². The highest BCUT2D eigenvalue weighted by atomic mass is 16.6. The van der Waals surface area contributed by atoms with Crippen molar-refractivity contribution in [2.45, 2.75) is 13.2 Å². The molecule has 31 heavy (non-hydrogen) atoms. The molecule has 8 heteroatoms. The van der Waals surface area contributed by atoms with E-state index in [1.165, 1.54) is 18.2 Å². The van der Waals surface area contributed by atoms with E-state index in [2.05, 4.69) is 5.32 Å². The van der Waals surface area contributed by atoms with Crippen LogP contribution in [-0.2, 0) is 17.9 Å². The first kappa shape index (κ1) is 21.6. The van der Waals surface area contributed by atoms with Crippen molar-refractivity contribution in [2.75, 3.05) is 13.7 Å². The van der Waals surface area contributed by atoms with Gasteiger partial charge in [-0.15, -0.1) is 0 Å². The Hall–Kier alpha value is -4.07. The minimum atomic E-state index is -0.555. The molecule has 3 rings (SSSR count). The van der Waals surface area contributed by atoms with Gasteiger partial charge in [-0.2, -0.15) is 0 Å². The van der Waals surface area contributed by atoms with E-state index in [0.717, 1.165) is 11.1 Å². The van der Waals surface area contributed by atoms with Gasteiger partial charge in [0.2, 0.25) is 0 Å². The summed E-state index contributed by atoms with van der Waals surface area (Å²) in [6.45, 7) is 0.324. The van der Waals surface area contributed by atoms with Crippen LogP contribution in [0, 0.1) is 10.1 Å². The van der Waals surface area contributed by atoms with Crippen LogP contribution in [0.25, 0.3) is 0 Å². The second kappa shape index (κ2) is 10.6. The number of carbonyl (C=O) groups excluding carboxylic acids is 1. The number of amides is 1. The minimum absolute atomic E-state index is 0.0456. The highest BCUT2D eigenvalue weighted by Gasteiger charge is 2.15. The number of nitrogens with one attached hydrogen (secondary N) is 1. The zero-order chi connectivity index (χ0) is 22.1. The molecule has 0 saturated heterocycles. The van der Waals surface area contributed by atoms with Gasteiger partial charge < -0.3 is 19.5 Å². The second-order valence-corrected chi connectivity index (χ2v) is 6.55. The van der Waals surface area contributed by atoms with Gasteiger partial charge in [0.1, 0.15) is 6.61 Å². The normalized spacial score (nSPS) is 10.2. The Bertz CT molecular complexity index is 1040. The maximum atomic E-state index is 12.1. The molecule has 1 amide bonds. The summed E-state index contributed by atoms with van der Waals surface area (Å²) in [5.41, 5.74) is 1.66. The van der Waals surface area contributed by atoms with Gasteiger partial charge in [-0.05, 0) is 29.3 Å². The summed E-state index contributed by atoms with van der Waals surface area (Å²) in [4.78, 5) is 22.5. The van der Waals surface area contributed by atoms with Crippen molar-refractivity contribution in [3.8, 4) is 17.2 Å². The van der Waals surface area contributed by atoms with Crippen molar-refractivity contribution in [3.63, 3.8) is 0 Å². The fourth-order valence-corrected chi connectivity index (χ4v) is 2.80. The van der Waals surface area contributed by atoms with Crippen LogP contribution in [0.5, 0.6) is 17.2 Å². The van der Waals surface area contributed by atoms with Crippen LogP contribution >= 0.6 is 0 Å². The number of ether oxygens (including phenoxy) is 3. The molecule has 8 nitrogen and oxygen atoms in total. The molecule has 0 unspecified atom stereocenters. The van der Waals surface area contributed by atoms with Crippen molar-refractivity contribution >= 4 is 11.6 Å². The highest BCUT2D eigenvalue weighted by Crippen LogP contribution is 2.29. The molecule has 0 saturated carbocycles. The lowest BCUT2D eigenvalue weighted by molar-refractivity contribution is -0.385. The van der Waals surface area contributed by atoms with Crippen molar-refractivity contribution in [1.82, 2.24) is 5.32 Å². The Kier molecular flexibility index (Phi) is 7.42. The summed E-state index contributed by atoms with van der Waals surface area (Å²) in [6, 6.07) is 21.1. The maximum Gasteiger partial charge on any atom is 0.310 e. The Balaban J connectivity index is 1.53. The van der Waals surface area contributed by atoms with Gasteiger partial charge in [0.15, 0.2) is 23.9 Å². The summed E-state index contributed by atoms with van der Waals surface area (Å²) < 4.78 is 16.5. The molecule has 0 bridgehead atoms. The maximum absolute atomic E-state index is 12.1. The van der Waals surface area contributed by atoms with Crippen LogP contribution in [0.1, 0.15) is 11.1 Å². The van der Waals surface area contributed by atoms with Gasteiger partial charge in [0.25, 0.3) is 5.91 Å². The third kappa shape index (κ3) is 6.20. The number of nitro benzene ring substituents is 1. The van der Waals surface area contributed by atoms with Gasteiger partial charge in [-0.1, -0.05) is 48.5 Å². The van der Waals surface area contributed by atoms with E-state index in [4.69, 9.17) is 14.2 Å². The fraction of sp³-hybridized carbons (Fsp3) is 0.174. The molecule has 0 aliphatic rings. The standard InChI is InChI=1S/C23H22N2O6/c1-29-22-13-18(11-12-21(22)30-15-17-7-3-2-4-8-17)14-24-23(26)16-31-20-10-6-5-9-19(20)25(27)28/h2-13H,14-16H2,1H3,(H,24,26). The number of benzene rings is 3. The smallest absolute Gasteiger partial charge is 0.310 e. The summed E-state index contributed by atoms with van der Waals surface area (Å²) in [6.07, 6.45) is 0. The van der Waals surface area contributed by atoms with Gasteiger partial charge in [-0.25, -0.2) is 0 Å². The summed E-state index contributed by atoms with van der Waals surface area (Å²) in [7, 11) is 1.55. The molecule has 0 aromatic heterocycles. The predicted octanol–water partition coefficient (Wildman–Crippen LogP) is 3.88. The molecule has 0 radical (unpaired) electrons. The largest absolute Gasteiger partial charge is 0.493 e. The Morgan fingerprint density at radius 1 is 0.903 bits per heavy atom. The van der Waals surface area contributed by atoms with Crippen LogP contribution in [0.4, 0.5) is 5.69 Å². The lowest BCUT2D eigenvalue weighted by Gasteiger charge is -2.13. The van der Waals surface area contributed by atoms with Crippen LogP contribution in [0.2, 0.25) is 0 Å². The first-order valence-corrected chi connectivity index (χ1v) is 9.53. The third-order valence-corrected chi connectivity index (χ3v) is 4.38. The lowest BCUT2D eigenvalue weighted by Crippen LogP contribution is -2.28. The molecule has 0 fully saturated rings. The third-order valence-electron chi connectivity index (χ3n) is 4.38. The van der Waals surface area contributed by atoms with Crippen molar-refractivity contribution in [1.29, 1.82) is 0 Å². The van der Waals surface area contributed by atoms with Crippen LogP contribution in [0.15, 0.2) is 72.8 Å². The highest BCUT2D eigenvalue weighted by molar-refractivity contribution is 5.77. The van der Waals surface area contributed by atoms with E-state index in [-0.39, 0.29) is 24.6 Å². The van der Waals surface area contributed by atoms with E-state index in [1.807, 2.05) is 36.4 Å². The Morgan fingerprint density at radius 2 is 1.65 bits per heavy atom. The number of hydrogen-bond donors (Lipinski definition) is 1. The monoisotopic (exact) mass is 422 g/mol. The average molecular weight is 422 g/mol. The molecule has 3 aromatic carbocycles. The second-order valence-electron chi connectivity index (χ2n) is 6.55.